The summed E-state index contributed by atoms with van der Waals surface area (Å²) in [4.78, 5) is 27.6. The molecular weight excluding hydrogens is 420 g/mol. The molecule has 8 heteroatoms. The molecule has 1 amide bonds. The highest BCUT2D eigenvalue weighted by atomic mass is 16.5. The van der Waals surface area contributed by atoms with Crippen LogP contribution in [-0.2, 0) is 10.3 Å². The molecule has 2 atom stereocenters. The Morgan fingerprint density at radius 1 is 1.09 bits per heavy atom. The molecular formula is C25H22N4O4. The number of furan rings is 1. The van der Waals surface area contributed by atoms with Gasteiger partial charge in [-0.05, 0) is 38.1 Å². The van der Waals surface area contributed by atoms with Crippen LogP contribution in [0.2, 0.25) is 0 Å². The van der Waals surface area contributed by atoms with Crippen molar-refractivity contribution in [1.29, 1.82) is 0 Å². The van der Waals surface area contributed by atoms with Crippen molar-refractivity contribution in [2.24, 2.45) is 0 Å². The molecule has 33 heavy (non-hydrogen) atoms. The monoisotopic (exact) mass is 442 g/mol. The number of pyridine rings is 1. The zero-order valence-electron chi connectivity index (χ0n) is 18.2. The summed E-state index contributed by atoms with van der Waals surface area (Å²) in [6.45, 7) is 4.68. The second kappa shape index (κ2) is 7.19. The number of aromatic nitrogens is 3. The molecule has 0 aliphatic carbocycles. The quantitative estimate of drug-likeness (QED) is 0.517. The maximum atomic E-state index is 12.7. The van der Waals surface area contributed by atoms with Crippen molar-refractivity contribution in [2.45, 2.75) is 31.6 Å². The molecule has 166 valence electrons. The minimum Gasteiger partial charge on any atom is -0.452 e. The molecule has 0 saturated carbocycles. The molecule has 1 aromatic carbocycles. The van der Waals surface area contributed by atoms with Crippen LogP contribution in [0.4, 0.5) is 0 Å². The van der Waals surface area contributed by atoms with Crippen LogP contribution in [0.5, 0.6) is 0 Å². The molecule has 0 radical (unpaired) electrons. The second-order valence-corrected chi connectivity index (χ2v) is 9.01. The largest absolute Gasteiger partial charge is 0.452 e. The van der Waals surface area contributed by atoms with E-state index in [2.05, 4.69) is 15.0 Å². The number of carbonyl (C=O) groups is 1. The second-order valence-electron chi connectivity index (χ2n) is 9.01. The van der Waals surface area contributed by atoms with Crippen molar-refractivity contribution in [3.8, 4) is 22.6 Å². The van der Waals surface area contributed by atoms with E-state index in [0.717, 1.165) is 11.1 Å². The number of amides is 1. The van der Waals surface area contributed by atoms with Gasteiger partial charge in [0.05, 0.1) is 24.4 Å². The molecule has 1 N–H and O–H groups in total. The van der Waals surface area contributed by atoms with E-state index < -0.39 is 5.60 Å². The lowest BCUT2D eigenvalue weighted by atomic mass is 9.93. The molecule has 0 bridgehead atoms. The molecule has 2 aliphatic rings. The third-order valence-electron chi connectivity index (χ3n) is 6.34. The van der Waals surface area contributed by atoms with Crippen LogP contribution in [0.15, 0.2) is 59.4 Å². The molecule has 2 fully saturated rings. The first kappa shape index (κ1) is 20.0. The van der Waals surface area contributed by atoms with Gasteiger partial charge in [-0.15, -0.1) is 0 Å². The van der Waals surface area contributed by atoms with E-state index >= 15 is 0 Å². The number of rotatable bonds is 4. The zero-order valence-corrected chi connectivity index (χ0v) is 18.2. The maximum absolute atomic E-state index is 12.7. The van der Waals surface area contributed by atoms with Crippen molar-refractivity contribution in [1.82, 2.24) is 19.9 Å². The molecule has 6 rings (SSSR count). The number of ether oxygens (including phenoxy) is 1. The van der Waals surface area contributed by atoms with Gasteiger partial charge in [0.2, 0.25) is 0 Å². The standard InChI is InChI=1S/C25H22N4O4/c1-25(2,31)21-9-16(7-8-26-21)22-23-17(27-13-28-22)10-19(33-23)14-3-5-15(6-4-14)24(30)29-11-20-18(29)12-32-20/h3-10,13,18,20,31H,11-12H2,1-2H3/t18-,20?/m1/s1. The average Bonchev–Trinajstić information content (AvgIpc) is 3.24. The van der Waals surface area contributed by atoms with Crippen LogP contribution in [0.3, 0.4) is 0 Å². The van der Waals surface area contributed by atoms with E-state index in [1.807, 2.05) is 41.3 Å². The number of likely N-dealkylation sites (tertiary alicyclic amines) is 1. The fourth-order valence-electron chi connectivity index (χ4n) is 4.27. The Balaban J connectivity index is 1.32. The van der Waals surface area contributed by atoms with Gasteiger partial charge in [0, 0.05) is 35.5 Å². The predicted octanol–water partition coefficient (Wildman–Crippen LogP) is 3.40. The average molecular weight is 442 g/mol. The van der Waals surface area contributed by atoms with E-state index in [-0.39, 0.29) is 18.1 Å². The maximum Gasteiger partial charge on any atom is 0.254 e. The van der Waals surface area contributed by atoms with E-state index in [0.29, 0.717) is 47.0 Å². The van der Waals surface area contributed by atoms with Gasteiger partial charge in [0.25, 0.3) is 5.91 Å². The minimum atomic E-state index is -1.07. The third kappa shape index (κ3) is 3.30. The summed E-state index contributed by atoms with van der Waals surface area (Å²) in [5, 5.41) is 10.3. The van der Waals surface area contributed by atoms with Crippen molar-refractivity contribution in [2.75, 3.05) is 13.2 Å². The Morgan fingerprint density at radius 2 is 1.91 bits per heavy atom. The van der Waals surface area contributed by atoms with Gasteiger partial charge in [0.1, 0.15) is 28.9 Å². The van der Waals surface area contributed by atoms with Crippen molar-refractivity contribution < 1.29 is 19.1 Å². The predicted molar refractivity (Wildman–Crippen MR) is 120 cm³/mol. The number of hydrogen-bond donors (Lipinski definition) is 1. The van der Waals surface area contributed by atoms with E-state index in [1.54, 1.807) is 26.1 Å². The zero-order chi connectivity index (χ0) is 22.7. The van der Waals surface area contributed by atoms with Crippen LogP contribution in [0.25, 0.3) is 33.7 Å². The molecule has 3 aromatic heterocycles. The molecule has 0 spiro atoms. The lowest BCUT2D eigenvalue weighted by Gasteiger charge is -2.54. The number of hydrogen-bond acceptors (Lipinski definition) is 7. The number of carbonyl (C=O) groups excluding carboxylic acids is 1. The van der Waals surface area contributed by atoms with Crippen molar-refractivity contribution in [3.05, 3.63) is 66.2 Å². The summed E-state index contributed by atoms with van der Waals surface area (Å²) < 4.78 is 11.5. The van der Waals surface area contributed by atoms with Crippen LogP contribution in [-0.4, -0.2) is 56.2 Å². The van der Waals surface area contributed by atoms with E-state index in [1.165, 1.54) is 6.33 Å². The highest BCUT2D eigenvalue weighted by molar-refractivity contribution is 5.96. The summed E-state index contributed by atoms with van der Waals surface area (Å²) >= 11 is 0. The van der Waals surface area contributed by atoms with Crippen LogP contribution < -0.4 is 0 Å². The fourth-order valence-corrected chi connectivity index (χ4v) is 4.27. The molecule has 1 unspecified atom stereocenters. The van der Waals surface area contributed by atoms with Gasteiger partial charge in [-0.3, -0.25) is 9.78 Å². The summed E-state index contributed by atoms with van der Waals surface area (Å²) in [6, 6.07) is 13.1. The number of fused-ring (bicyclic) bond motifs is 2. The van der Waals surface area contributed by atoms with Crippen molar-refractivity contribution in [3.63, 3.8) is 0 Å². The molecule has 2 saturated heterocycles. The summed E-state index contributed by atoms with van der Waals surface area (Å²) in [6.07, 6.45) is 3.36. The van der Waals surface area contributed by atoms with Gasteiger partial charge >= 0.3 is 0 Å². The van der Waals surface area contributed by atoms with Crippen molar-refractivity contribution >= 4 is 17.0 Å². The summed E-state index contributed by atoms with van der Waals surface area (Å²) in [7, 11) is 0. The van der Waals surface area contributed by atoms with Gasteiger partial charge in [-0.1, -0.05) is 12.1 Å². The van der Waals surface area contributed by atoms with Gasteiger partial charge < -0.3 is 19.2 Å². The summed E-state index contributed by atoms with van der Waals surface area (Å²) in [5.74, 6) is 0.670. The highest BCUT2D eigenvalue weighted by Gasteiger charge is 2.49. The van der Waals surface area contributed by atoms with E-state index in [9.17, 15) is 9.90 Å². The number of benzene rings is 1. The lowest BCUT2D eigenvalue weighted by Crippen LogP contribution is -2.71. The Kier molecular flexibility index (Phi) is 4.36. The topological polar surface area (TPSA) is 102 Å². The normalized spacial score (nSPS) is 19.7. The molecule has 4 aromatic rings. The first-order valence-electron chi connectivity index (χ1n) is 10.9. The van der Waals surface area contributed by atoms with Crippen LogP contribution >= 0.6 is 0 Å². The van der Waals surface area contributed by atoms with Crippen LogP contribution in [0.1, 0.15) is 29.9 Å². The molecule has 2 aliphatic heterocycles. The SMILES string of the molecule is CC(C)(O)c1cc(-c2ncnc3cc(-c4ccc(C(=O)N5CC6OC[C@H]65)cc4)oc23)ccn1. The van der Waals surface area contributed by atoms with Gasteiger partial charge in [-0.25, -0.2) is 9.97 Å². The van der Waals surface area contributed by atoms with E-state index in [4.69, 9.17) is 9.15 Å². The van der Waals surface area contributed by atoms with Crippen LogP contribution in [0, 0.1) is 0 Å². The molecule has 8 nitrogen and oxygen atoms in total. The smallest absolute Gasteiger partial charge is 0.254 e. The fraction of sp³-hybridized carbons (Fsp3) is 0.280. The Bertz CT molecular complexity index is 1370. The minimum absolute atomic E-state index is 0.0316. The van der Waals surface area contributed by atoms with Gasteiger partial charge in [0.15, 0.2) is 5.58 Å². The van der Waals surface area contributed by atoms with Gasteiger partial charge in [-0.2, -0.15) is 0 Å². The third-order valence-corrected chi connectivity index (χ3v) is 6.34. The molecule has 5 heterocycles. The first-order chi connectivity index (χ1) is 15.9. The number of nitrogens with zero attached hydrogens (tertiary/aromatic N) is 4. The number of morpholine rings is 1. The lowest BCUT2D eigenvalue weighted by molar-refractivity contribution is -0.195. The first-order valence-corrected chi connectivity index (χ1v) is 10.9. The Labute approximate surface area is 189 Å². The number of aliphatic hydroxyl groups is 1. The Hall–Kier alpha value is -3.62. The summed E-state index contributed by atoms with van der Waals surface area (Å²) in [5.41, 5.74) is 3.60. The highest BCUT2D eigenvalue weighted by Crippen LogP contribution is 2.34. The Morgan fingerprint density at radius 3 is 2.58 bits per heavy atom.